The van der Waals surface area contributed by atoms with Crippen molar-refractivity contribution in [2.75, 3.05) is 27.9 Å². The second kappa shape index (κ2) is 25.1. The Balaban J connectivity index is 3.17. The highest BCUT2D eigenvalue weighted by Crippen LogP contribution is 2.19. The Morgan fingerprint density at radius 3 is 1.06 bits per heavy atom. The van der Waals surface area contributed by atoms with Crippen molar-refractivity contribution in [3.8, 4) is 0 Å². The van der Waals surface area contributed by atoms with Gasteiger partial charge in [-0.25, -0.2) is 9.79 Å². The van der Waals surface area contributed by atoms with Gasteiger partial charge in [0.15, 0.2) is 0 Å². The molecule has 0 radical (unpaired) electrons. The number of rotatable bonds is 26. The number of nitrogens with zero attached hydrogens (tertiary/aromatic N) is 1. The van der Waals surface area contributed by atoms with Gasteiger partial charge in [0.05, 0.1) is 6.54 Å². The molecule has 0 N–H and O–H groups in total. The Labute approximate surface area is 200 Å². The molecule has 0 atom stereocenters. The van der Waals surface area contributed by atoms with Gasteiger partial charge in [0.2, 0.25) is 6.08 Å². The number of hydrogen-bond acceptors (Lipinski definition) is 5. The fourth-order valence-electron chi connectivity index (χ4n) is 4.32. The molecule has 0 aliphatic heterocycles. The van der Waals surface area contributed by atoms with E-state index in [9.17, 15) is 4.79 Å². The molecule has 0 heterocycles. The van der Waals surface area contributed by atoms with Crippen LogP contribution in [0.4, 0.5) is 0 Å². The molecule has 32 heavy (non-hydrogen) atoms. The van der Waals surface area contributed by atoms with Gasteiger partial charge in [0.25, 0.3) is 0 Å². The van der Waals surface area contributed by atoms with E-state index in [1.165, 1.54) is 116 Å². The standard InChI is InChI=1S/C26H53NO4Si/c1-29-32(30-2,31-3)25-23-21-19-17-15-13-11-9-7-5-4-6-8-10-12-14-16-18-20-22-24-27-26-28/h4-25H2,1-3H3. The summed E-state index contributed by atoms with van der Waals surface area (Å²) in [5.74, 6) is 0. The van der Waals surface area contributed by atoms with Crippen LogP contribution in [0.25, 0.3) is 0 Å². The predicted octanol–water partition coefficient (Wildman–Crippen LogP) is 8.00. The van der Waals surface area contributed by atoms with E-state index in [1.807, 2.05) is 0 Å². The number of aliphatic imine (C=N–C) groups is 1. The summed E-state index contributed by atoms with van der Waals surface area (Å²) in [5, 5.41) is 0. The number of hydrogen-bond donors (Lipinski definition) is 0. The van der Waals surface area contributed by atoms with E-state index in [0.29, 0.717) is 6.54 Å². The van der Waals surface area contributed by atoms with Crippen LogP contribution < -0.4 is 0 Å². The summed E-state index contributed by atoms with van der Waals surface area (Å²) in [6.07, 6.45) is 28.4. The quantitative estimate of drug-likeness (QED) is 0.0555. The molecule has 0 aromatic carbocycles. The molecule has 0 saturated heterocycles. The first-order valence-electron chi connectivity index (χ1n) is 13.4. The number of unbranched alkanes of at least 4 members (excludes halogenated alkanes) is 19. The van der Waals surface area contributed by atoms with Crippen LogP contribution >= 0.6 is 0 Å². The number of isocyanates is 1. The maximum atomic E-state index is 9.96. The van der Waals surface area contributed by atoms with Crippen molar-refractivity contribution < 1.29 is 18.1 Å². The van der Waals surface area contributed by atoms with E-state index >= 15 is 0 Å². The molecule has 6 heteroatoms. The largest absolute Gasteiger partial charge is 0.500 e. The molecule has 0 spiro atoms. The monoisotopic (exact) mass is 471 g/mol. The van der Waals surface area contributed by atoms with E-state index in [-0.39, 0.29) is 0 Å². The molecule has 0 fully saturated rings. The molecule has 0 aromatic rings. The normalized spacial score (nSPS) is 11.6. The van der Waals surface area contributed by atoms with Crippen molar-refractivity contribution in [3.63, 3.8) is 0 Å². The highest BCUT2D eigenvalue weighted by atomic mass is 28.4. The summed E-state index contributed by atoms with van der Waals surface area (Å²) in [6, 6.07) is 0.928. The third-order valence-electron chi connectivity index (χ3n) is 6.50. The summed E-state index contributed by atoms with van der Waals surface area (Å²) in [4.78, 5) is 13.5. The average molecular weight is 472 g/mol. The smallest absolute Gasteiger partial charge is 0.377 e. The zero-order valence-corrected chi connectivity index (χ0v) is 22.6. The molecule has 5 nitrogen and oxygen atoms in total. The van der Waals surface area contributed by atoms with Gasteiger partial charge in [-0.05, 0) is 12.8 Å². The molecule has 0 aromatic heterocycles. The minimum atomic E-state index is -2.35. The van der Waals surface area contributed by atoms with Crippen LogP contribution in [0.3, 0.4) is 0 Å². The Morgan fingerprint density at radius 1 is 0.500 bits per heavy atom. The maximum absolute atomic E-state index is 9.96. The van der Waals surface area contributed by atoms with Crippen molar-refractivity contribution in [1.29, 1.82) is 0 Å². The van der Waals surface area contributed by atoms with Crippen molar-refractivity contribution in [1.82, 2.24) is 0 Å². The third-order valence-corrected chi connectivity index (χ3v) is 9.33. The lowest BCUT2D eigenvalue weighted by atomic mass is 10.0. The molecule has 0 unspecified atom stereocenters. The van der Waals surface area contributed by atoms with Gasteiger partial charge in [-0.1, -0.05) is 116 Å². The van der Waals surface area contributed by atoms with E-state index in [2.05, 4.69) is 4.99 Å². The van der Waals surface area contributed by atoms with Crippen LogP contribution in [-0.4, -0.2) is 42.8 Å². The topological polar surface area (TPSA) is 57.1 Å². The molecular formula is C26H53NO4Si. The van der Waals surface area contributed by atoms with E-state index in [0.717, 1.165) is 18.9 Å². The maximum Gasteiger partial charge on any atom is 0.500 e. The van der Waals surface area contributed by atoms with Gasteiger partial charge in [0, 0.05) is 27.4 Å². The second-order valence-electron chi connectivity index (χ2n) is 9.09. The van der Waals surface area contributed by atoms with Crippen molar-refractivity contribution in [2.24, 2.45) is 4.99 Å². The van der Waals surface area contributed by atoms with Crippen molar-refractivity contribution in [3.05, 3.63) is 0 Å². The van der Waals surface area contributed by atoms with Crippen molar-refractivity contribution >= 4 is 14.9 Å². The van der Waals surface area contributed by atoms with Crippen LogP contribution in [0.1, 0.15) is 128 Å². The highest BCUT2D eigenvalue weighted by Gasteiger charge is 2.36. The lowest BCUT2D eigenvalue weighted by Crippen LogP contribution is -2.42. The fourth-order valence-corrected chi connectivity index (χ4v) is 6.11. The first-order valence-corrected chi connectivity index (χ1v) is 15.4. The highest BCUT2D eigenvalue weighted by molar-refractivity contribution is 6.60. The zero-order valence-electron chi connectivity index (χ0n) is 21.6. The summed E-state index contributed by atoms with van der Waals surface area (Å²) in [7, 11) is 2.74. The van der Waals surface area contributed by atoms with Crippen LogP contribution in [0.5, 0.6) is 0 Å². The Kier molecular flexibility index (Phi) is 24.7. The molecule has 190 valence electrons. The Hall–Kier alpha value is -0.523. The average Bonchev–Trinajstić information content (AvgIpc) is 2.82. The van der Waals surface area contributed by atoms with Gasteiger partial charge in [0.1, 0.15) is 0 Å². The fraction of sp³-hybridized carbons (Fsp3) is 0.962. The summed E-state index contributed by atoms with van der Waals surface area (Å²) < 4.78 is 16.4. The molecule has 0 amide bonds. The predicted molar refractivity (Wildman–Crippen MR) is 137 cm³/mol. The van der Waals surface area contributed by atoms with E-state index < -0.39 is 8.80 Å². The van der Waals surface area contributed by atoms with Gasteiger partial charge >= 0.3 is 8.80 Å². The minimum Gasteiger partial charge on any atom is -0.377 e. The first kappa shape index (κ1) is 31.5. The summed E-state index contributed by atoms with van der Waals surface area (Å²) in [5.41, 5.74) is 0. The van der Waals surface area contributed by atoms with Crippen LogP contribution in [0.15, 0.2) is 4.99 Å². The summed E-state index contributed by atoms with van der Waals surface area (Å²) >= 11 is 0. The third kappa shape index (κ3) is 20.1. The molecule has 0 rings (SSSR count). The first-order chi connectivity index (χ1) is 15.7. The van der Waals surface area contributed by atoms with E-state index in [1.54, 1.807) is 27.4 Å². The Morgan fingerprint density at radius 2 is 0.781 bits per heavy atom. The SMILES string of the molecule is CO[Si](CCCCCCCCCCCCCCCCCCCCCCN=C=O)(OC)OC. The second-order valence-corrected chi connectivity index (χ2v) is 12.2. The molecular weight excluding hydrogens is 418 g/mol. The molecule has 0 saturated carbocycles. The molecule has 0 bridgehead atoms. The van der Waals surface area contributed by atoms with Crippen molar-refractivity contribution in [2.45, 2.75) is 134 Å². The summed E-state index contributed by atoms with van der Waals surface area (Å²) in [6.45, 7) is 0.659. The minimum absolute atomic E-state index is 0.659. The van der Waals surface area contributed by atoms with Crippen LogP contribution in [0, 0.1) is 0 Å². The van der Waals surface area contributed by atoms with Gasteiger partial charge in [-0.15, -0.1) is 0 Å². The number of carbonyl (C=O) groups excluding carboxylic acids is 1. The van der Waals surface area contributed by atoms with Gasteiger partial charge < -0.3 is 13.3 Å². The molecule has 0 aliphatic rings. The molecule has 0 aliphatic carbocycles. The van der Waals surface area contributed by atoms with Crippen LogP contribution in [0.2, 0.25) is 6.04 Å². The van der Waals surface area contributed by atoms with Gasteiger partial charge in [-0.2, -0.15) is 0 Å². The lowest BCUT2D eigenvalue weighted by Gasteiger charge is -2.24. The lowest BCUT2D eigenvalue weighted by molar-refractivity contribution is 0.122. The van der Waals surface area contributed by atoms with Crippen LogP contribution in [-0.2, 0) is 18.1 Å². The van der Waals surface area contributed by atoms with E-state index in [4.69, 9.17) is 13.3 Å². The zero-order chi connectivity index (χ0) is 23.6. The Bertz CT molecular complexity index is 418. The van der Waals surface area contributed by atoms with Gasteiger partial charge in [-0.3, -0.25) is 0 Å².